The lowest BCUT2D eigenvalue weighted by molar-refractivity contribution is 0.327. The zero-order valence-corrected chi connectivity index (χ0v) is 23.0. The monoisotopic (exact) mass is 497 g/mol. The minimum absolute atomic E-state index is 0.727. The molecule has 0 fully saturated rings. The molecule has 1 heterocycles. The van der Waals surface area contributed by atoms with Gasteiger partial charge in [-0.1, -0.05) is 98.3 Å². The number of aliphatic imine (C=N–C) groups is 2. The van der Waals surface area contributed by atoms with Crippen molar-refractivity contribution in [1.29, 1.82) is 0 Å². The van der Waals surface area contributed by atoms with E-state index in [9.17, 15) is 0 Å². The van der Waals surface area contributed by atoms with E-state index in [1.54, 1.807) is 0 Å². The van der Waals surface area contributed by atoms with Gasteiger partial charge in [0.25, 0.3) is 0 Å². The predicted octanol–water partition coefficient (Wildman–Crippen LogP) is 6.37. The molecule has 196 valence electrons. The van der Waals surface area contributed by atoms with E-state index < -0.39 is 0 Å². The zero-order chi connectivity index (χ0) is 26.3. The smallest absolute Gasteiger partial charge is 0.129 e. The van der Waals surface area contributed by atoms with Gasteiger partial charge in [-0.05, 0) is 50.7 Å². The minimum Gasteiger partial charge on any atom is -0.342 e. The molecule has 5 heteroatoms. The zero-order valence-electron chi connectivity index (χ0n) is 23.0. The summed E-state index contributed by atoms with van der Waals surface area (Å²) in [5.41, 5.74) is 5.08. The van der Waals surface area contributed by atoms with Crippen molar-refractivity contribution in [3.8, 4) is 0 Å². The first-order valence-electron chi connectivity index (χ1n) is 13.5. The molecule has 1 aliphatic heterocycles. The van der Waals surface area contributed by atoms with Gasteiger partial charge in [0.2, 0.25) is 0 Å². The van der Waals surface area contributed by atoms with Gasteiger partial charge in [-0.2, -0.15) is 0 Å². The highest BCUT2D eigenvalue weighted by molar-refractivity contribution is 6.08. The van der Waals surface area contributed by atoms with Gasteiger partial charge >= 0.3 is 0 Å². The van der Waals surface area contributed by atoms with Crippen LogP contribution in [0.3, 0.4) is 0 Å². The molecule has 1 N–H and O–H groups in total. The van der Waals surface area contributed by atoms with Gasteiger partial charge in [0, 0.05) is 31.7 Å². The lowest BCUT2D eigenvalue weighted by Crippen LogP contribution is -2.34. The third kappa shape index (κ3) is 9.95. The molecule has 1 aliphatic carbocycles. The van der Waals surface area contributed by atoms with Crippen molar-refractivity contribution in [2.75, 3.05) is 45.6 Å². The van der Waals surface area contributed by atoms with Crippen LogP contribution in [0.25, 0.3) is 0 Å². The fourth-order valence-electron chi connectivity index (χ4n) is 4.35. The Hall–Kier alpha value is -3.28. The fourth-order valence-corrected chi connectivity index (χ4v) is 4.35. The Balaban J connectivity index is 0.00000186. The molecule has 0 unspecified atom stereocenters. The van der Waals surface area contributed by atoms with E-state index in [0.717, 1.165) is 69.3 Å². The maximum Gasteiger partial charge on any atom is 0.129 e. The van der Waals surface area contributed by atoms with Gasteiger partial charge in [0.05, 0.1) is 6.54 Å². The molecule has 4 rings (SSSR count). The van der Waals surface area contributed by atoms with Crippen LogP contribution in [0, 0.1) is 0 Å². The summed E-state index contributed by atoms with van der Waals surface area (Å²) in [4.78, 5) is 14.6. The Morgan fingerprint density at radius 2 is 1.68 bits per heavy atom. The second-order valence-corrected chi connectivity index (χ2v) is 9.45. The summed E-state index contributed by atoms with van der Waals surface area (Å²) >= 11 is 0. The topological polar surface area (TPSA) is 43.2 Å². The minimum atomic E-state index is 0.727. The number of amidine groups is 2. The van der Waals surface area contributed by atoms with Crippen LogP contribution >= 0.6 is 0 Å². The van der Waals surface area contributed by atoms with E-state index >= 15 is 0 Å². The first kappa shape index (κ1) is 28.3. The third-order valence-electron chi connectivity index (χ3n) is 6.09. The van der Waals surface area contributed by atoms with Crippen LogP contribution in [0.15, 0.2) is 101 Å². The number of allylic oxidation sites excluding steroid dienone is 5. The van der Waals surface area contributed by atoms with Crippen LogP contribution in [0.1, 0.15) is 37.8 Å². The summed E-state index contributed by atoms with van der Waals surface area (Å²) in [6, 6.07) is 19.2. The molecule has 0 bridgehead atoms. The number of hydrogen-bond donors (Lipinski definition) is 1. The highest BCUT2D eigenvalue weighted by Crippen LogP contribution is 2.20. The van der Waals surface area contributed by atoms with E-state index in [1.807, 2.05) is 13.8 Å². The lowest BCUT2D eigenvalue weighted by Gasteiger charge is -2.25. The second-order valence-electron chi connectivity index (χ2n) is 9.45. The highest BCUT2D eigenvalue weighted by Gasteiger charge is 2.18. The molecule has 0 saturated carbocycles. The largest absolute Gasteiger partial charge is 0.342 e. The van der Waals surface area contributed by atoms with E-state index in [0.29, 0.717) is 0 Å². The molecule has 0 saturated heterocycles. The lowest BCUT2D eigenvalue weighted by atomic mass is 10.1. The number of hydrogen-bond acceptors (Lipinski definition) is 4. The molecule has 0 spiro atoms. The Morgan fingerprint density at radius 1 is 0.892 bits per heavy atom. The van der Waals surface area contributed by atoms with Gasteiger partial charge in [0.15, 0.2) is 0 Å². The predicted molar refractivity (Wildman–Crippen MR) is 161 cm³/mol. The molecule has 0 amide bonds. The van der Waals surface area contributed by atoms with Crippen molar-refractivity contribution in [3.63, 3.8) is 0 Å². The Labute approximate surface area is 224 Å². The summed E-state index contributed by atoms with van der Waals surface area (Å²) < 4.78 is 0. The van der Waals surface area contributed by atoms with Crippen LogP contribution in [0.2, 0.25) is 0 Å². The van der Waals surface area contributed by atoms with Crippen molar-refractivity contribution in [2.45, 2.75) is 39.7 Å². The van der Waals surface area contributed by atoms with Crippen LogP contribution in [-0.4, -0.2) is 61.7 Å². The number of fused-ring (bicyclic) bond motifs is 1. The number of nitrogens with zero attached hydrogens (tertiary/aromatic N) is 4. The Kier molecular flexibility index (Phi) is 12.0. The first-order chi connectivity index (χ1) is 18.2. The van der Waals surface area contributed by atoms with Crippen molar-refractivity contribution >= 4 is 17.4 Å². The Bertz CT molecular complexity index is 1110. The quantitative estimate of drug-likeness (QED) is 0.388. The number of rotatable bonds is 10. The maximum absolute atomic E-state index is 5.05. The molecular formula is C32H43N5. The summed E-state index contributed by atoms with van der Waals surface area (Å²) in [6.07, 6.45) is 13.6. The fraction of sp³-hybridized carbons (Fsp3) is 0.375. The highest BCUT2D eigenvalue weighted by atomic mass is 15.2. The molecule has 0 radical (unpaired) electrons. The van der Waals surface area contributed by atoms with Gasteiger partial charge in [-0.25, -0.2) is 4.99 Å². The van der Waals surface area contributed by atoms with E-state index in [4.69, 9.17) is 9.98 Å². The average Bonchev–Trinajstić information content (AvgIpc) is 3.27. The molecule has 5 nitrogen and oxygen atoms in total. The molecule has 0 atom stereocenters. The van der Waals surface area contributed by atoms with Crippen molar-refractivity contribution in [3.05, 3.63) is 102 Å². The van der Waals surface area contributed by atoms with Gasteiger partial charge in [-0.15, -0.1) is 0 Å². The number of anilines is 1. The summed E-state index contributed by atoms with van der Waals surface area (Å²) in [7, 11) is 4.21. The molecule has 2 aromatic carbocycles. The first-order valence-corrected chi connectivity index (χ1v) is 13.5. The van der Waals surface area contributed by atoms with Crippen molar-refractivity contribution in [2.24, 2.45) is 9.98 Å². The van der Waals surface area contributed by atoms with E-state index in [2.05, 4.69) is 114 Å². The van der Waals surface area contributed by atoms with Crippen molar-refractivity contribution < 1.29 is 0 Å². The number of nitrogens with one attached hydrogen (secondary N) is 1. The van der Waals surface area contributed by atoms with Crippen LogP contribution in [0.4, 0.5) is 5.69 Å². The van der Waals surface area contributed by atoms with Gasteiger partial charge < -0.3 is 10.2 Å². The SMILES string of the molecule is CC.CN(C)CCCN=C1Cc2ccccc2NC(CN(CC2=CC=CC=CC2)Cc2ccccc2)=N1. The van der Waals surface area contributed by atoms with E-state index in [1.165, 1.54) is 16.7 Å². The van der Waals surface area contributed by atoms with Gasteiger partial charge in [0.1, 0.15) is 11.7 Å². The van der Waals surface area contributed by atoms with Crippen LogP contribution < -0.4 is 5.32 Å². The molecule has 2 aromatic rings. The van der Waals surface area contributed by atoms with E-state index in [-0.39, 0.29) is 0 Å². The standard InChI is InChI=1S/C30H37N5.C2H6/c1-34(2)20-12-19-31-29-21-27-17-10-11-18-28(27)32-30(33-29)24-35(23-26-15-8-5-9-16-26)22-25-13-6-3-4-7-14-25;1-2/h3-11,13,15-18H,12,14,19-24H2,1-2H3,(H,31,32,33);1-2H3. The van der Waals surface area contributed by atoms with Crippen LogP contribution in [0.5, 0.6) is 0 Å². The molecule has 2 aliphatic rings. The number of para-hydroxylation sites is 1. The summed E-state index contributed by atoms with van der Waals surface area (Å²) in [5, 5.41) is 3.64. The normalized spacial score (nSPS) is 15.8. The van der Waals surface area contributed by atoms with Crippen LogP contribution in [-0.2, 0) is 13.0 Å². The number of benzene rings is 2. The molecular weight excluding hydrogens is 454 g/mol. The third-order valence-corrected chi connectivity index (χ3v) is 6.09. The van der Waals surface area contributed by atoms with Gasteiger partial charge in [-0.3, -0.25) is 9.89 Å². The Morgan fingerprint density at radius 3 is 2.49 bits per heavy atom. The second kappa shape index (κ2) is 15.7. The molecule has 37 heavy (non-hydrogen) atoms. The van der Waals surface area contributed by atoms with Crippen molar-refractivity contribution in [1.82, 2.24) is 9.80 Å². The maximum atomic E-state index is 5.05. The summed E-state index contributed by atoms with van der Waals surface area (Å²) in [5.74, 6) is 1.87. The molecule has 0 aromatic heterocycles. The summed E-state index contributed by atoms with van der Waals surface area (Å²) in [6.45, 7) is 8.31. The average molecular weight is 498 g/mol.